The van der Waals surface area contributed by atoms with E-state index in [4.69, 9.17) is 11.1 Å². The fourth-order valence-corrected chi connectivity index (χ4v) is 2.75. The van der Waals surface area contributed by atoms with Crippen molar-refractivity contribution in [3.8, 4) is 11.5 Å². The number of benzene rings is 2. The van der Waals surface area contributed by atoms with Crippen LogP contribution in [0.3, 0.4) is 0 Å². The van der Waals surface area contributed by atoms with Gasteiger partial charge in [0.25, 0.3) is 0 Å². The van der Waals surface area contributed by atoms with Gasteiger partial charge in [-0.3, -0.25) is 0 Å². The Balaban J connectivity index is 2.28. The highest BCUT2D eigenvalue weighted by Gasteiger charge is 2.35. The van der Waals surface area contributed by atoms with Crippen LogP contribution in [0.15, 0.2) is 10.2 Å². The molecule has 0 aliphatic heterocycles. The van der Waals surface area contributed by atoms with E-state index in [0.29, 0.717) is 0 Å². The average Bonchev–Trinajstić information content (AvgIpc) is 2.90. The number of ether oxygens (including phenoxy) is 2. The van der Waals surface area contributed by atoms with Crippen molar-refractivity contribution in [3.63, 3.8) is 0 Å². The fraction of sp³-hybridized carbons (Fsp3) is 0.333. The molecule has 10 nitrogen and oxygen atoms in total. The molecule has 0 unspecified atom stereocenters. The Bertz CT molecular complexity index is 1160. The molecule has 0 bridgehead atoms. The standard InChI is InChI=1S/C18H10F10N6O4/c19-5-7(21)11(25)17(12(26)8(5)22)37-1-3(31-33-29)15(35)16(36)4(32-34-30)2-38-18-13(27)9(23)6(20)10(24)14(18)28/h3-4,15-16,35-36H,1-2H2/t3-,4-,15+,16+/m0/s1. The Morgan fingerprint density at radius 1 is 0.526 bits per heavy atom. The Labute approximate surface area is 202 Å². The van der Waals surface area contributed by atoms with Crippen molar-refractivity contribution >= 4 is 0 Å². The minimum absolute atomic E-state index is 1.37. The van der Waals surface area contributed by atoms with Crippen LogP contribution in [0.4, 0.5) is 43.9 Å². The molecule has 0 heterocycles. The number of azide groups is 2. The first-order valence-electron chi connectivity index (χ1n) is 9.52. The lowest BCUT2D eigenvalue weighted by Crippen LogP contribution is -2.47. The summed E-state index contributed by atoms with van der Waals surface area (Å²) in [7, 11) is 0. The lowest BCUT2D eigenvalue weighted by Gasteiger charge is -2.27. The molecule has 0 spiro atoms. The largest absolute Gasteiger partial charge is 0.487 e. The summed E-state index contributed by atoms with van der Waals surface area (Å²) in [6.45, 7) is -2.75. The van der Waals surface area contributed by atoms with Gasteiger partial charge < -0.3 is 19.7 Å². The predicted octanol–water partition coefficient (Wildman–Crippen LogP) is 4.62. The molecule has 0 aliphatic rings. The first kappa shape index (κ1) is 30.1. The van der Waals surface area contributed by atoms with Gasteiger partial charge in [-0.15, -0.1) is 0 Å². The molecular formula is C18H10F10N6O4. The quantitative estimate of drug-likeness (QED) is 0.102. The van der Waals surface area contributed by atoms with Crippen molar-refractivity contribution in [2.45, 2.75) is 24.3 Å². The summed E-state index contributed by atoms with van der Waals surface area (Å²) >= 11 is 0. The van der Waals surface area contributed by atoms with E-state index in [9.17, 15) is 54.1 Å². The van der Waals surface area contributed by atoms with Gasteiger partial charge in [0.05, 0.1) is 37.5 Å². The lowest BCUT2D eigenvalue weighted by atomic mass is 10.0. The monoisotopic (exact) mass is 564 g/mol. The molecular weight excluding hydrogens is 554 g/mol. The Hall–Kier alpha value is -4.12. The van der Waals surface area contributed by atoms with E-state index >= 15 is 0 Å². The molecule has 2 aromatic carbocycles. The van der Waals surface area contributed by atoms with Crippen LogP contribution in [0.1, 0.15) is 0 Å². The van der Waals surface area contributed by atoms with E-state index in [1.54, 1.807) is 0 Å². The van der Waals surface area contributed by atoms with Crippen molar-refractivity contribution < 1.29 is 63.6 Å². The summed E-state index contributed by atoms with van der Waals surface area (Å²) in [5, 5.41) is 26.3. The van der Waals surface area contributed by atoms with Gasteiger partial charge in [-0.05, 0) is 11.1 Å². The molecule has 0 amide bonds. The average molecular weight is 564 g/mol. The van der Waals surface area contributed by atoms with E-state index in [1.807, 2.05) is 0 Å². The summed E-state index contributed by atoms with van der Waals surface area (Å²) < 4.78 is 143. The van der Waals surface area contributed by atoms with Gasteiger partial charge in [0.1, 0.15) is 0 Å². The Kier molecular flexibility index (Phi) is 9.84. The highest BCUT2D eigenvalue weighted by molar-refractivity contribution is 5.30. The summed E-state index contributed by atoms with van der Waals surface area (Å²) in [6.07, 6.45) is -4.94. The molecule has 20 heteroatoms. The number of nitrogens with zero attached hydrogens (tertiary/aromatic N) is 6. The van der Waals surface area contributed by atoms with Gasteiger partial charge in [-0.2, -0.15) is 17.6 Å². The molecule has 0 radical (unpaired) electrons. The van der Waals surface area contributed by atoms with Crippen LogP contribution in [0.2, 0.25) is 0 Å². The number of aliphatic hydroxyl groups is 2. The molecule has 38 heavy (non-hydrogen) atoms. The van der Waals surface area contributed by atoms with Gasteiger partial charge in [0.15, 0.2) is 11.5 Å². The van der Waals surface area contributed by atoms with Gasteiger partial charge >= 0.3 is 0 Å². The second kappa shape index (κ2) is 12.4. The fourth-order valence-electron chi connectivity index (χ4n) is 2.75. The van der Waals surface area contributed by atoms with Crippen LogP contribution in [0.5, 0.6) is 11.5 Å². The highest BCUT2D eigenvalue weighted by atomic mass is 19.2. The number of hydrogen-bond acceptors (Lipinski definition) is 6. The van der Waals surface area contributed by atoms with Gasteiger partial charge in [-0.25, -0.2) is 26.3 Å². The normalized spacial score (nSPS) is 14.1. The second-order valence-corrected chi connectivity index (χ2v) is 6.95. The zero-order valence-electron chi connectivity index (χ0n) is 17.9. The SMILES string of the molecule is [N-]=[N+]=N[C@@H](COc1c(F)c(F)c(F)c(F)c1F)[C@@H](O)[C@H](O)[C@H](COc1c(F)c(F)c(F)c(F)c1F)N=[N+]=[N-]. The molecule has 0 aromatic heterocycles. The van der Waals surface area contributed by atoms with Crippen LogP contribution in [-0.2, 0) is 0 Å². The van der Waals surface area contributed by atoms with Crippen molar-refractivity contribution in [1.29, 1.82) is 0 Å². The summed E-state index contributed by atoms with van der Waals surface area (Å²) in [4.78, 5) is 4.44. The molecule has 206 valence electrons. The number of halogens is 10. The van der Waals surface area contributed by atoms with Crippen LogP contribution < -0.4 is 9.47 Å². The molecule has 2 N–H and O–H groups in total. The molecule has 0 saturated heterocycles. The van der Waals surface area contributed by atoms with Crippen molar-refractivity contribution in [1.82, 2.24) is 0 Å². The Morgan fingerprint density at radius 3 is 1.00 bits per heavy atom. The smallest absolute Gasteiger partial charge is 0.206 e. The topological polar surface area (TPSA) is 156 Å². The third kappa shape index (κ3) is 5.88. The zero-order chi connectivity index (χ0) is 28.9. The highest BCUT2D eigenvalue weighted by Crippen LogP contribution is 2.31. The second-order valence-electron chi connectivity index (χ2n) is 6.95. The molecule has 0 fully saturated rings. The predicted molar refractivity (Wildman–Crippen MR) is 101 cm³/mol. The lowest BCUT2D eigenvalue weighted by molar-refractivity contribution is -0.0254. The maximum absolute atomic E-state index is 13.8. The number of rotatable bonds is 11. The van der Waals surface area contributed by atoms with E-state index < -0.39 is 107 Å². The molecule has 2 rings (SSSR count). The maximum Gasteiger partial charge on any atom is 0.206 e. The first-order valence-corrected chi connectivity index (χ1v) is 9.52. The first-order chi connectivity index (χ1) is 17.8. The maximum atomic E-state index is 13.8. The van der Waals surface area contributed by atoms with Crippen molar-refractivity contribution in [2.24, 2.45) is 10.2 Å². The molecule has 2 aromatic rings. The van der Waals surface area contributed by atoms with Crippen LogP contribution >= 0.6 is 0 Å². The third-order valence-corrected chi connectivity index (χ3v) is 4.67. The third-order valence-electron chi connectivity index (χ3n) is 4.67. The minimum atomic E-state index is -2.53. The molecule has 0 aliphatic carbocycles. The van der Waals surface area contributed by atoms with E-state index in [2.05, 4.69) is 29.5 Å². The van der Waals surface area contributed by atoms with Gasteiger partial charge in [0.2, 0.25) is 58.2 Å². The number of aliphatic hydroxyl groups excluding tert-OH is 2. The van der Waals surface area contributed by atoms with E-state index in [-0.39, 0.29) is 0 Å². The van der Waals surface area contributed by atoms with Crippen LogP contribution in [-0.4, -0.2) is 47.7 Å². The zero-order valence-corrected chi connectivity index (χ0v) is 17.9. The van der Waals surface area contributed by atoms with Gasteiger partial charge in [0, 0.05) is 9.82 Å². The van der Waals surface area contributed by atoms with E-state index in [0.717, 1.165) is 0 Å². The summed E-state index contributed by atoms with van der Waals surface area (Å²) in [5.41, 5.74) is 17.3. The van der Waals surface area contributed by atoms with Crippen molar-refractivity contribution in [2.75, 3.05) is 13.2 Å². The van der Waals surface area contributed by atoms with Crippen LogP contribution in [0, 0.1) is 58.2 Å². The number of hydrogen-bond donors (Lipinski definition) is 2. The summed E-state index contributed by atoms with van der Waals surface area (Å²) in [6, 6.07) is -4.26. The summed E-state index contributed by atoms with van der Waals surface area (Å²) in [5.74, 6) is -28.2. The van der Waals surface area contributed by atoms with E-state index in [1.165, 1.54) is 0 Å². The van der Waals surface area contributed by atoms with Crippen LogP contribution in [0.25, 0.3) is 20.9 Å². The molecule has 4 atom stereocenters. The minimum Gasteiger partial charge on any atom is -0.487 e. The Morgan fingerprint density at radius 2 is 0.763 bits per heavy atom. The van der Waals surface area contributed by atoms with Crippen molar-refractivity contribution in [3.05, 3.63) is 79.1 Å². The molecule has 0 saturated carbocycles. The van der Waals surface area contributed by atoms with Gasteiger partial charge in [-0.1, -0.05) is 10.2 Å².